The van der Waals surface area contributed by atoms with Crippen LogP contribution in [0.2, 0.25) is 0 Å². The highest BCUT2D eigenvalue weighted by molar-refractivity contribution is 6.23. The van der Waals surface area contributed by atoms with Gasteiger partial charge in [-0.15, -0.1) is 0 Å². The van der Waals surface area contributed by atoms with Crippen LogP contribution in [0.15, 0.2) is 315 Å². The third-order valence-electron chi connectivity index (χ3n) is 14.9. The highest BCUT2D eigenvalue weighted by Crippen LogP contribution is 2.52. The predicted octanol–water partition coefficient (Wildman–Crippen LogP) is 21.9. The first kappa shape index (κ1) is 49.1. The van der Waals surface area contributed by atoms with E-state index in [-0.39, 0.29) is 0 Å². The van der Waals surface area contributed by atoms with Gasteiger partial charge in [0.15, 0.2) is 0 Å². The van der Waals surface area contributed by atoms with E-state index in [1.807, 2.05) is 0 Å². The Morgan fingerprint density at radius 3 is 0.662 bits per heavy atom. The van der Waals surface area contributed by atoms with Gasteiger partial charge in [-0.25, -0.2) is 0 Å². The van der Waals surface area contributed by atoms with Crippen molar-refractivity contribution in [1.29, 1.82) is 0 Å². The van der Waals surface area contributed by atoms with Crippen molar-refractivity contribution >= 4 is 80.0 Å². The second-order valence-electron chi connectivity index (χ2n) is 20.1. The summed E-state index contributed by atoms with van der Waals surface area (Å²) in [5, 5.41) is 4.48. The quantitative estimate of drug-likeness (QED) is 0.0608. The van der Waals surface area contributed by atoms with Gasteiger partial charge in [0.2, 0.25) is 0 Å². The summed E-state index contributed by atoms with van der Waals surface area (Å²) in [4.78, 5) is 5.00. The molecule has 0 atom stereocenters. The van der Waals surface area contributed by atoms with Crippen molar-refractivity contribution < 1.29 is 0 Å². The Bertz CT molecular complexity index is 3830. The normalized spacial score (nSPS) is 11.4. The third kappa shape index (κ3) is 10.4. The summed E-state index contributed by atoms with van der Waals surface area (Å²) in [7, 11) is 0. The van der Waals surface area contributed by atoms with E-state index in [9.17, 15) is 0 Å². The minimum Gasteiger partial charge on any atom is -0.309 e. The molecule has 0 amide bonds. The van der Waals surface area contributed by atoms with Crippen LogP contribution in [0.25, 0.3) is 90.4 Å². The van der Waals surface area contributed by atoms with Gasteiger partial charge in [0.25, 0.3) is 0 Å². The molecule has 0 unspecified atom stereocenters. The molecule has 0 radical (unpaired) electrons. The molecule has 0 spiro atoms. The molecule has 0 aliphatic rings. The molecule has 378 valence electrons. The molecule has 13 rings (SSSR count). The van der Waals surface area contributed by atoms with E-state index in [2.05, 4.69) is 350 Å². The molecule has 0 bridgehead atoms. The molecular formula is C78H56N2. The van der Waals surface area contributed by atoms with Crippen molar-refractivity contribution in [1.82, 2.24) is 0 Å². The Morgan fingerprint density at radius 1 is 0.175 bits per heavy atom. The van der Waals surface area contributed by atoms with E-state index in [1.165, 1.54) is 0 Å². The molecule has 13 aromatic rings. The molecule has 0 saturated carbocycles. The molecule has 0 aliphatic carbocycles. The van der Waals surface area contributed by atoms with Crippen molar-refractivity contribution in [2.45, 2.75) is 0 Å². The number of anilines is 6. The van der Waals surface area contributed by atoms with Crippen molar-refractivity contribution in [3.8, 4) is 44.5 Å². The Balaban J connectivity index is 1.07. The lowest BCUT2D eigenvalue weighted by Gasteiger charge is -2.33. The Kier molecular flexibility index (Phi) is 13.8. The van der Waals surface area contributed by atoms with Crippen LogP contribution in [0.3, 0.4) is 0 Å². The minimum absolute atomic E-state index is 1.05. The highest BCUT2D eigenvalue weighted by atomic mass is 15.2. The molecule has 80 heavy (non-hydrogen) atoms. The summed E-state index contributed by atoms with van der Waals surface area (Å²) in [5.74, 6) is 0. The van der Waals surface area contributed by atoms with Crippen molar-refractivity contribution in [2.24, 2.45) is 0 Å². The highest BCUT2D eigenvalue weighted by Gasteiger charge is 2.27. The first-order valence-corrected chi connectivity index (χ1v) is 27.4. The zero-order valence-electron chi connectivity index (χ0n) is 44.2. The smallest absolute Gasteiger partial charge is 0.0619 e. The molecule has 0 aliphatic heterocycles. The number of hydrogen-bond acceptors (Lipinski definition) is 2. The average molecular weight is 1020 g/mol. The van der Waals surface area contributed by atoms with E-state index in [0.717, 1.165) is 122 Å². The van der Waals surface area contributed by atoms with E-state index in [4.69, 9.17) is 0 Å². The fourth-order valence-electron chi connectivity index (χ4n) is 11.0. The first-order chi connectivity index (χ1) is 39.7. The lowest BCUT2D eigenvalue weighted by Crippen LogP contribution is -2.15. The van der Waals surface area contributed by atoms with Crippen LogP contribution in [0.5, 0.6) is 0 Å². The topological polar surface area (TPSA) is 6.48 Å². The number of rotatable bonds is 14. The molecule has 0 heterocycles. The van der Waals surface area contributed by atoms with E-state index in [0.29, 0.717) is 0 Å². The third-order valence-corrected chi connectivity index (χ3v) is 14.9. The number of nitrogens with zero attached hydrogens (tertiary/aromatic N) is 2. The molecule has 2 heteroatoms. The SMILES string of the molecule is C(=Cc1ccc(N(c2cc(-c3ccccc3)cc(-c3ccccc3)c2)c2c3ccccc3c(N(c3ccc(C=Cc4ccccc4)cc3)c3cc(-c4ccccc4)cc(-c4ccccc4)c3)c3ccccc23)cc1)c1ccccc1. The average Bonchev–Trinajstić information content (AvgIpc) is 3.69. The molecule has 0 N–H and O–H groups in total. The summed E-state index contributed by atoms with van der Waals surface area (Å²) < 4.78 is 0. The summed E-state index contributed by atoms with van der Waals surface area (Å²) in [5.41, 5.74) is 20.2. The van der Waals surface area contributed by atoms with Crippen molar-refractivity contribution in [3.63, 3.8) is 0 Å². The second-order valence-corrected chi connectivity index (χ2v) is 20.1. The fraction of sp³-hybridized carbons (Fsp3) is 0. The molecule has 2 nitrogen and oxygen atoms in total. The molecule has 0 aromatic heterocycles. The Labute approximate surface area is 469 Å². The van der Waals surface area contributed by atoms with Gasteiger partial charge >= 0.3 is 0 Å². The van der Waals surface area contributed by atoms with Gasteiger partial charge < -0.3 is 9.80 Å². The van der Waals surface area contributed by atoms with Gasteiger partial charge in [-0.1, -0.05) is 279 Å². The maximum atomic E-state index is 2.50. The number of hydrogen-bond donors (Lipinski definition) is 0. The van der Waals surface area contributed by atoms with Crippen LogP contribution in [0.1, 0.15) is 22.3 Å². The standard InChI is InChI=1S/C78H56N2/c1-7-23-57(24-8-1)39-41-59-43-47-69(48-44-59)79(71-53-65(61-27-11-3-12-28-61)51-66(54-71)62-29-13-4-14-30-62)77-73-35-19-21-37-75(73)78(76-38-22-20-36-74(76)77)80(70-49-45-60(46-50-70)42-40-58-25-9-2-10-26-58)72-55-67(63-31-15-5-16-32-63)52-68(56-72)64-33-17-6-18-34-64/h1-56H. The minimum atomic E-state index is 1.05. The van der Waals surface area contributed by atoms with Crippen LogP contribution >= 0.6 is 0 Å². The first-order valence-electron chi connectivity index (χ1n) is 27.4. The zero-order chi connectivity index (χ0) is 53.5. The summed E-state index contributed by atoms with van der Waals surface area (Å²) >= 11 is 0. The maximum absolute atomic E-state index is 2.50. The van der Waals surface area contributed by atoms with Gasteiger partial charge in [-0.05, 0) is 127 Å². The predicted molar refractivity (Wildman–Crippen MR) is 343 cm³/mol. The lowest BCUT2D eigenvalue weighted by molar-refractivity contribution is 1.29. The Morgan fingerprint density at radius 2 is 0.400 bits per heavy atom. The fourth-order valence-corrected chi connectivity index (χ4v) is 11.0. The number of benzene rings is 13. The van der Waals surface area contributed by atoms with Crippen LogP contribution in [0.4, 0.5) is 34.1 Å². The van der Waals surface area contributed by atoms with Crippen molar-refractivity contribution in [2.75, 3.05) is 9.80 Å². The molecule has 13 aromatic carbocycles. The Hall–Kier alpha value is -10.5. The van der Waals surface area contributed by atoms with Gasteiger partial charge in [0, 0.05) is 44.3 Å². The lowest BCUT2D eigenvalue weighted by atomic mass is 9.93. The summed E-state index contributed by atoms with van der Waals surface area (Å²) in [6.45, 7) is 0. The van der Waals surface area contributed by atoms with E-state index >= 15 is 0 Å². The van der Waals surface area contributed by atoms with Gasteiger partial charge in [-0.3, -0.25) is 0 Å². The largest absolute Gasteiger partial charge is 0.309 e. The van der Waals surface area contributed by atoms with Crippen LogP contribution in [-0.4, -0.2) is 0 Å². The van der Waals surface area contributed by atoms with Gasteiger partial charge in [0.1, 0.15) is 0 Å². The van der Waals surface area contributed by atoms with Crippen molar-refractivity contribution in [3.05, 3.63) is 338 Å². The van der Waals surface area contributed by atoms with Gasteiger partial charge in [0.05, 0.1) is 11.4 Å². The molecular weight excluding hydrogens is 965 g/mol. The summed E-state index contributed by atoms with van der Waals surface area (Å²) in [6, 6.07) is 114. The van der Waals surface area contributed by atoms with E-state index in [1.54, 1.807) is 0 Å². The monoisotopic (exact) mass is 1020 g/mol. The maximum Gasteiger partial charge on any atom is 0.0619 e. The van der Waals surface area contributed by atoms with Crippen LogP contribution in [0, 0.1) is 0 Å². The number of fused-ring (bicyclic) bond motifs is 2. The zero-order valence-corrected chi connectivity index (χ0v) is 44.2. The molecule has 0 fully saturated rings. The van der Waals surface area contributed by atoms with E-state index < -0.39 is 0 Å². The summed E-state index contributed by atoms with van der Waals surface area (Å²) in [6.07, 6.45) is 8.76. The molecule has 0 saturated heterocycles. The van der Waals surface area contributed by atoms with Gasteiger partial charge in [-0.2, -0.15) is 0 Å². The van der Waals surface area contributed by atoms with Crippen LogP contribution in [-0.2, 0) is 0 Å². The van der Waals surface area contributed by atoms with Crippen LogP contribution < -0.4 is 9.80 Å². The second kappa shape index (κ2) is 22.6.